The Morgan fingerprint density at radius 3 is 2.07 bits per heavy atom. The summed E-state index contributed by atoms with van der Waals surface area (Å²) in [4.78, 5) is 39.5. The van der Waals surface area contributed by atoms with E-state index in [9.17, 15) is 18.8 Å². The third-order valence-corrected chi connectivity index (χ3v) is 5.43. The van der Waals surface area contributed by atoms with Gasteiger partial charge in [-0.05, 0) is 56.2 Å². The predicted molar refractivity (Wildman–Crippen MR) is 112 cm³/mol. The Morgan fingerprint density at radius 1 is 0.833 bits per heavy atom. The summed E-state index contributed by atoms with van der Waals surface area (Å²) < 4.78 is 14.1. The molecule has 1 aliphatic heterocycles. The van der Waals surface area contributed by atoms with Crippen molar-refractivity contribution in [3.05, 3.63) is 70.5 Å². The number of barbiturate groups is 1. The second-order valence-electron chi connectivity index (χ2n) is 7.79. The van der Waals surface area contributed by atoms with Gasteiger partial charge >= 0.3 is 6.03 Å². The van der Waals surface area contributed by atoms with E-state index < -0.39 is 17.8 Å². The fraction of sp³-hybridized carbons (Fsp3) is 0.375. The molecule has 0 atom stereocenters. The molecule has 2 aromatic carbocycles. The van der Waals surface area contributed by atoms with E-state index in [-0.39, 0.29) is 25.3 Å². The zero-order valence-electron chi connectivity index (χ0n) is 17.5. The molecule has 0 aliphatic carbocycles. The van der Waals surface area contributed by atoms with Crippen LogP contribution >= 0.6 is 0 Å². The van der Waals surface area contributed by atoms with Gasteiger partial charge in [-0.2, -0.15) is 0 Å². The topological polar surface area (TPSA) is 57.7 Å². The number of hydrogen-bond donors (Lipinski definition) is 0. The first kappa shape index (κ1) is 21.7. The van der Waals surface area contributed by atoms with Crippen LogP contribution in [0.5, 0.6) is 0 Å². The highest BCUT2D eigenvalue weighted by atomic mass is 19.1. The van der Waals surface area contributed by atoms with E-state index in [1.807, 2.05) is 31.2 Å². The molecule has 5 nitrogen and oxygen atoms in total. The molecule has 2 aromatic rings. The molecule has 0 bridgehead atoms. The number of nitrogens with zero attached hydrogens (tertiary/aromatic N) is 2. The maximum Gasteiger partial charge on any atom is 0.333 e. The molecule has 1 saturated heterocycles. The van der Waals surface area contributed by atoms with Gasteiger partial charge < -0.3 is 0 Å². The summed E-state index contributed by atoms with van der Waals surface area (Å²) in [6, 6.07) is 12.8. The number of halogens is 1. The molecule has 4 amide bonds. The van der Waals surface area contributed by atoms with Crippen LogP contribution in [-0.4, -0.2) is 40.7 Å². The summed E-state index contributed by atoms with van der Waals surface area (Å²) in [5, 5.41) is 0. The molecule has 1 heterocycles. The second kappa shape index (κ2) is 9.65. The van der Waals surface area contributed by atoms with Crippen LogP contribution in [0.4, 0.5) is 9.18 Å². The van der Waals surface area contributed by atoms with Crippen molar-refractivity contribution in [1.29, 1.82) is 0 Å². The van der Waals surface area contributed by atoms with Crippen LogP contribution in [0, 0.1) is 19.7 Å². The summed E-state index contributed by atoms with van der Waals surface area (Å²) in [5.41, 5.74) is 3.46. The van der Waals surface area contributed by atoms with E-state index in [0.717, 1.165) is 16.9 Å². The smallest absolute Gasteiger partial charge is 0.274 e. The van der Waals surface area contributed by atoms with Crippen molar-refractivity contribution in [3.8, 4) is 0 Å². The van der Waals surface area contributed by atoms with E-state index in [1.165, 1.54) is 10.5 Å². The number of carbonyl (C=O) groups excluding carboxylic acids is 3. The Balaban J connectivity index is 1.55. The third-order valence-electron chi connectivity index (χ3n) is 5.43. The number of imide groups is 2. The predicted octanol–water partition coefficient (Wildman–Crippen LogP) is 4.19. The van der Waals surface area contributed by atoms with Gasteiger partial charge in [0, 0.05) is 13.1 Å². The lowest BCUT2D eigenvalue weighted by molar-refractivity contribution is -0.142. The Bertz CT molecular complexity index is 940. The number of carbonyl (C=O) groups is 3. The summed E-state index contributed by atoms with van der Waals surface area (Å²) in [5.74, 6) is -1.18. The van der Waals surface area contributed by atoms with Gasteiger partial charge in [-0.3, -0.25) is 19.4 Å². The lowest BCUT2D eigenvalue weighted by Crippen LogP contribution is -2.55. The van der Waals surface area contributed by atoms with E-state index in [1.54, 1.807) is 25.1 Å². The molecule has 158 valence electrons. The third kappa shape index (κ3) is 5.12. The molecule has 0 spiro atoms. The maximum absolute atomic E-state index is 14.1. The monoisotopic (exact) mass is 410 g/mol. The van der Waals surface area contributed by atoms with E-state index in [0.29, 0.717) is 30.4 Å². The van der Waals surface area contributed by atoms with Crippen molar-refractivity contribution in [1.82, 2.24) is 9.80 Å². The standard InChI is InChI=1S/C24H27FN2O3/c1-17-10-12-19(13-11-17)7-4-14-26-21(28)16-22(29)27(24(26)30)15-5-9-20-8-3-6-18(2)23(20)25/h3,6,8,10-13H,4-5,7,9,14-16H2,1-2H3. The highest BCUT2D eigenvalue weighted by Gasteiger charge is 2.37. The van der Waals surface area contributed by atoms with Crippen LogP contribution in [0.3, 0.4) is 0 Å². The summed E-state index contributed by atoms with van der Waals surface area (Å²) in [7, 11) is 0. The first-order valence-electron chi connectivity index (χ1n) is 10.3. The summed E-state index contributed by atoms with van der Waals surface area (Å²) >= 11 is 0. The van der Waals surface area contributed by atoms with Crippen LogP contribution < -0.4 is 0 Å². The van der Waals surface area contributed by atoms with Crippen LogP contribution in [0.25, 0.3) is 0 Å². The van der Waals surface area contributed by atoms with Crippen LogP contribution in [-0.2, 0) is 22.4 Å². The number of amides is 4. The fourth-order valence-corrected chi connectivity index (χ4v) is 3.64. The number of rotatable bonds is 8. The molecule has 1 fully saturated rings. The van der Waals surface area contributed by atoms with Gasteiger partial charge in [-0.25, -0.2) is 9.18 Å². The van der Waals surface area contributed by atoms with Crippen LogP contribution in [0.15, 0.2) is 42.5 Å². The Hall–Kier alpha value is -3.02. The van der Waals surface area contributed by atoms with Crippen molar-refractivity contribution in [2.45, 2.75) is 46.0 Å². The molecular formula is C24H27FN2O3. The zero-order valence-corrected chi connectivity index (χ0v) is 17.5. The molecule has 0 N–H and O–H groups in total. The van der Waals surface area contributed by atoms with Crippen molar-refractivity contribution in [2.24, 2.45) is 0 Å². The molecule has 0 aromatic heterocycles. The number of benzene rings is 2. The van der Waals surface area contributed by atoms with Gasteiger partial charge in [-0.1, -0.05) is 48.0 Å². The van der Waals surface area contributed by atoms with Gasteiger partial charge in [0.15, 0.2) is 0 Å². The van der Waals surface area contributed by atoms with Crippen LogP contribution in [0.2, 0.25) is 0 Å². The second-order valence-corrected chi connectivity index (χ2v) is 7.79. The number of aryl methyl sites for hydroxylation is 4. The quantitative estimate of drug-likeness (QED) is 0.613. The van der Waals surface area contributed by atoms with Gasteiger partial charge in [-0.15, -0.1) is 0 Å². The molecule has 0 saturated carbocycles. The maximum atomic E-state index is 14.1. The summed E-state index contributed by atoms with van der Waals surface area (Å²) in [6.45, 7) is 4.18. The minimum atomic E-state index is -0.565. The largest absolute Gasteiger partial charge is 0.333 e. The molecular weight excluding hydrogens is 383 g/mol. The zero-order chi connectivity index (χ0) is 21.7. The number of hydrogen-bond acceptors (Lipinski definition) is 3. The van der Waals surface area contributed by atoms with E-state index >= 15 is 0 Å². The van der Waals surface area contributed by atoms with Crippen LogP contribution in [0.1, 0.15) is 41.5 Å². The highest BCUT2D eigenvalue weighted by molar-refractivity contribution is 6.14. The SMILES string of the molecule is Cc1ccc(CCCN2C(=O)CC(=O)N(CCCc3cccc(C)c3F)C2=O)cc1. The highest BCUT2D eigenvalue weighted by Crippen LogP contribution is 2.17. The Labute approximate surface area is 176 Å². The summed E-state index contributed by atoms with van der Waals surface area (Å²) in [6.07, 6.45) is 1.96. The normalized spacial score (nSPS) is 14.6. The van der Waals surface area contributed by atoms with E-state index in [2.05, 4.69) is 0 Å². The molecule has 6 heteroatoms. The van der Waals surface area contributed by atoms with Gasteiger partial charge in [0.1, 0.15) is 12.2 Å². The Morgan fingerprint density at radius 2 is 1.43 bits per heavy atom. The lowest BCUT2D eigenvalue weighted by Gasteiger charge is -2.32. The van der Waals surface area contributed by atoms with E-state index in [4.69, 9.17) is 0 Å². The van der Waals surface area contributed by atoms with Crippen molar-refractivity contribution in [2.75, 3.05) is 13.1 Å². The average Bonchev–Trinajstić information content (AvgIpc) is 2.71. The molecule has 1 aliphatic rings. The van der Waals surface area contributed by atoms with Crippen molar-refractivity contribution < 1.29 is 18.8 Å². The molecule has 3 rings (SSSR count). The lowest BCUT2D eigenvalue weighted by atomic mass is 10.1. The minimum Gasteiger partial charge on any atom is -0.274 e. The van der Waals surface area contributed by atoms with Gasteiger partial charge in [0.2, 0.25) is 11.8 Å². The first-order chi connectivity index (χ1) is 14.4. The van der Waals surface area contributed by atoms with Crippen molar-refractivity contribution in [3.63, 3.8) is 0 Å². The molecule has 0 radical (unpaired) electrons. The average molecular weight is 410 g/mol. The molecule has 30 heavy (non-hydrogen) atoms. The molecule has 0 unspecified atom stereocenters. The first-order valence-corrected chi connectivity index (χ1v) is 10.3. The fourth-order valence-electron chi connectivity index (χ4n) is 3.64. The van der Waals surface area contributed by atoms with Crippen molar-refractivity contribution >= 4 is 17.8 Å². The number of urea groups is 1. The van der Waals surface area contributed by atoms with Gasteiger partial charge in [0.25, 0.3) is 0 Å². The minimum absolute atomic E-state index is 0.173. The van der Waals surface area contributed by atoms with Gasteiger partial charge in [0.05, 0.1) is 0 Å². The Kier molecular flexibility index (Phi) is 6.98.